The summed E-state index contributed by atoms with van der Waals surface area (Å²) in [5.74, 6) is 0.984. The highest BCUT2D eigenvalue weighted by molar-refractivity contribution is 8.00. The average molecular weight is 584 g/mol. The zero-order valence-corrected chi connectivity index (χ0v) is 24.0. The predicted molar refractivity (Wildman–Crippen MR) is 168 cm³/mol. The fourth-order valence-corrected chi connectivity index (χ4v) is 5.46. The summed E-state index contributed by atoms with van der Waals surface area (Å²) in [6.45, 7) is 3.99. The summed E-state index contributed by atoms with van der Waals surface area (Å²) in [5, 5.41) is 21.1. The molecule has 2 heterocycles. The summed E-state index contributed by atoms with van der Waals surface area (Å²) in [7, 11) is 1.58. The van der Waals surface area contributed by atoms with Gasteiger partial charge in [-0.15, -0.1) is 0 Å². The predicted octanol–water partition coefficient (Wildman–Crippen LogP) is 6.84. The Labute approximate surface area is 253 Å². The van der Waals surface area contributed by atoms with Crippen LogP contribution in [-0.4, -0.2) is 35.2 Å². The van der Waals surface area contributed by atoms with Crippen molar-refractivity contribution in [3.05, 3.63) is 108 Å². The van der Waals surface area contributed by atoms with Crippen molar-refractivity contribution < 1.29 is 14.3 Å². The van der Waals surface area contributed by atoms with E-state index in [4.69, 9.17) is 20.2 Å². The van der Waals surface area contributed by atoms with E-state index in [1.165, 1.54) is 0 Å². The molecule has 0 atom stereocenters. The highest BCUT2D eigenvalue weighted by Crippen LogP contribution is 2.37. The first-order chi connectivity index (χ1) is 21.0. The number of nitrogen functional groups attached to an aromatic ring is 1. The lowest BCUT2D eigenvalue weighted by molar-refractivity contribution is 0.102. The molecule has 8 nitrogen and oxygen atoms in total. The second-order valence-electron chi connectivity index (χ2n) is 9.30. The third kappa shape index (κ3) is 6.03. The SMILES string of the molecule is C=CCOc1ccc(-c2c(C#N)c(N)nc(SCC(=O)c3cc4cc(OC)ccc4nc3-c3ccccc3)c2C#N)cc1. The first-order valence-electron chi connectivity index (χ1n) is 13.1. The number of carbonyl (C=O) groups is 1. The van der Waals surface area contributed by atoms with Gasteiger partial charge in [0.2, 0.25) is 0 Å². The lowest BCUT2D eigenvalue weighted by atomic mass is 9.97. The number of aromatic nitrogens is 2. The number of ether oxygens (including phenoxy) is 2. The minimum Gasteiger partial charge on any atom is -0.497 e. The Balaban J connectivity index is 1.53. The fraction of sp³-hybridized carbons (Fsp3) is 0.0882. The van der Waals surface area contributed by atoms with Crippen molar-refractivity contribution in [2.24, 2.45) is 0 Å². The molecule has 0 bridgehead atoms. The van der Waals surface area contributed by atoms with Gasteiger partial charge in [-0.25, -0.2) is 9.97 Å². The van der Waals surface area contributed by atoms with Crippen LogP contribution in [0.5, 0.6) is 11.5 Å². The summed E-state index contributed by atoms with van der Waals surface area (Å²) in [6, 6.07) is 28.0. The number of hydrogen-bond donors (Lipinski definition) is 1. The quantitative estimate of drug-likeness (QED) is 0.106. The number of hydrogen-bond acceptors (Lipinski definition) is 9. The number of ketones is 1. The summed E-state index contributed by atoms with van der Waals surface area (Å²) >= 11 is 1.09. The molecule has 0 radical (unpaired) electrons. The van der Waals surface area contributed by atoms with E-state index in [-0.39, 0.29) is 33.5 Å². The van der Waals surface area contributed by atoms with E-state index >= 15 is 0 Å². The van der Waals surface area contributed by atoms with Crippen LogP contribution in [0.3, 0.4) is 0 Å². The first-order valence-corrected chi connectivity index (χ1v) is 14.1. The molecule has 0 spiro atoms. The van der Waals surface area contributed by atoms with Crippen LogP contribution in [0.25, 0.3) is 33.3 Å². The lowest BCUT2D eigenvalue weighted by Crippen LogP contribution is -2.08. The van der Waals surface area contributed by atoms with Crippen LogP contribution in [-0.2, 0) is 0 Å². The Morgan fingerprint density at radius 3 is 2.35 bits per heavy atom. The molecule has 0 saturated heterocycles. The monoisotopic (exact) mass is 583 g/mol. The van der Waals surface area contributed by atoms with E-state index in [1.54, 1.807) is 37.5 Å². The number of Topliss-reactive ketones (excluding diaryl/α,β-unsaturated/α-hetero) is 1. The maximum Gasteiger partial charge on any atom is 0.175 e. The van der Waals surface area contributed by atoms with Crippen LogP contribution in [0, 0.1) is 22.7 Å². The zero-order valence-electron chi connectivity index (χ0n) is 23.2. The Morgan fingerprint density at radius 1 is 0.953 bits per heavy atom. The number of nitrogens with two attached hydrogens (primary N) is 1. The molecule has 2 aromatic heterocycles. The van der Waals surface area contributed by atoms with E-state index in [1.807, 2.05) is 54.6 Å². The molecule has 0 aliphatic heterocycles. The summed E-state index contributed by atoms with van der Waals surface area (Å²) in [4.78, 5) is 23.0. The molecule has 2 N–H and O–H groups in total. The molecular formula is C34H25N5O3S. The lowest BCUT2D eigenvalue weighted by Gasteiger charge is -2.14. The van der Waals surface area contributed by atoms with Crippen LogP contribution in [0.4, 0.5) is 5.82 Å². The van der Waals surface area contributed by atoms with Crippen molar-refractivity contribution >= 4 is 34.3 Å². The highest BCUT2D eigenvalue weighted by Gasteiger charge is 2.23. The second kappa shape index (κ2) is 12.9. The molecule has 0 saturated carbocycles. The van der Waals surface area contributed by atoms with Crippen LogP contribution < -0.4 is 15.2 Å². The number of thioether (sulfide) groups is 1. The molecule has 0 unspecified atom stereocenters. The Bertz CT molecular complexity index is 1930. The Morgan fingerprint density at radius 2 is 1.67 bits per heavy atom. The van der Waals surface area contributed by atoms with Gasteiger partial charge in [0.25, 0.3) is 0 Å². The van der Waals surface area contributed by atoms with Gasteiger partial charge in [0.15, 0.2) is 5.78 Å². The largest absolute Gasteiger partial charge is 0.497 e. The third-order valence-electron chi connectivity index (χ3n) is 6.64. The van der Waals surface area contributed by atoms with Crippen molar-refractivity contribution in [3.8, 4) is 46.0 Å². The van der Waals surface area contributed by atoms with Gasteiger partial charge < -0.3 is 15.2 Å². The van der Waals surface area contributed by atoms with Gasteiger partial charge in [-0.2, -0.15) is 10.5 Å². The van der Waals surface area contributed by atoms with Crippen molar-refractivity contribution in [1.82, 2.24) is 9.97 Å². The van der Waals surface area contributed by atoms with E-state index in [2.05, 4.69) is 23.7 Å². The van der Waals surface area contributed by atoms with Gasteiger partial charge >= 0.3 is 0 Å². The normalized spacial score (nSPS) is 10.5. The number of nitriles is 2. The number of nitrogens with zero attached hydrogens (tertiary/aromatic N) is 4. The van der Waals surface area contributed by atoms with E-state index in [9.17, 15) is 15.3 Å². The van der Waals surface area contributed by atoms with Crippen molar-refractivity contribution in [1.29, 1.82) is 10.5 Å². The minimum atomic E-state index is -0.208. The number of pyridine rings is 2. The molecular weight excluding hydrogens is 558 g/mol. The number of carbonyl (C=O) groups excluding carboxylic acids is 1. The van der Waals surface area contributed by atoms with E-state index in [0.717, 1.165) is 28.2 Å². The number of anilines is 1. The number of benzene rings is 3. The standard InChI is InChI=1S/C34H25N5O3S/c1-3-15-42-24-11-9-21(10-12-24)31-27(18-35)33(37)39-34(28(31)19-36)43-20-30(40)26-17-23-16-25(41-2)13-14-29(23)38-32(26)22-7-5-4-6-8-22/h3-14,16-17H,1,15,20H2,2H3,(H2,37,39). The van der Waals surface area contributed by atoms with Gasteiger partial charge in [-0.1, -0.05) is 66.9 Å². The zero-order chi connectivity index (χ0) is 30.3. The second-order valence-corrected chi connectivity index (χ2v) is 10.3. The number of rotatable bonds is 10. The Kier molecular flexibility index (Phi) is 8.66. The van der Waals surface area contributed by atoms with E-state index in [0.29, 0.717) is 40.5 Å². The first kappa shape index (κ1) is 28.9. The molecule has 210 valence electrons. The van der Waals surface area contributed by atoms with Crippen LogP contribution in [0.2, 0.25) is 0 Å². The maximum absolute atomic E-state index is 13.8. The van der Waals surface area contributed by atoms with Gasteiger partial charge in [0.05, 0.1) is 29.6 Å². The maximum atomic E-state index is 13.8. The molecule has 43 heavy (non-hydrogen) atoms. The molecule has 0 fully saturated rings. The molecule has 0 amide bonds. The summed E-state index contributed by atoms with van der Waals surface area (Å²) in [5.41, 5.74) is 9.90. The van der Waals surface area contributed by atoms with Gasteiger partial charge in [-0.05, 0) is 42.0 Å². The van der Waals surface area contributed by atoms with Crippen molar-refractivity contribution in [2.45, 2.75) is 5.03 Å². The smallest absolute Gasteiger partial charge is 0.175 e. The summed E-state index contributed by atoms with van der Waals surface area (Å²) < 4.78 is 10.9. The summed E-state index contributed by atoms with van der Waals surface area (Å²) in [6.07, 6.45) is 1.64. The average Bonchev–Trinajstić information content (AvgIpc) is 3.05. The van der Waals surface area contributed by atoms with Gasteiger partial charge in [-0.3, -0.25) is 4.79 Å². The van der Waals surface area contributed by atoms with Crippen LogP contribution in [0.1, 0.15) is 21.5 Å². The third-order valence-corrected chi connectivity index (χ3v) is 7.61. The fourth-order valence-electron chi connectivity index (χ4n) is 4.59. The molecule has 5 rings (SSSR count). The van der Waals surface area contributed by atoms with Crippen LogP contribution >= 0.6 is 11.8 Å². The number of methoxy groups -OCH3 is 1. The number of fused-ring (bicyclic) bond motifs is 1. The van der Waals surface area contributed by atoms with Gasteiger partial charge in [0, 0.05) is 22.1 Å². The van der Waals surface area contributed by atoms with Crippen LogP contribution in [0.15, 0.2) is 96.5 Å². The Hall–Kier alpha value is -5.64. The van der Waals surface area contributed by atoms with E-state index < -0.39 is 0 Å². The molecule has 0 aliphatic carbocycles. The van der Waals surface area contributed by atoms with Gasteiger partial charge in [0.1, 0.15) is 46.7 Å². The topological polar surface area (TPSA) is 135 Å². The highest BCUT2D eigenvalue weighted by atomic mass is 32.2. The molecule has 9 heteroatoms. The molecule has 0 aliphatic rings. The van der Waals surface area contributed by atoms with Crippen molar-refractivity contribution in [3.63, 3.8) is 0 Å². The van der Waals surface area contributed by atoms with Crippen molar-refractivity contribution in [2.75, 3.05) is 25.2 Å². The minimum absolute atomic E-state index is 0.0251. The molecule has 3 aromatic carbocycles. The molecule has 5 aromatic rings.